The van der Waals surface area contributed by atoms with Crippen LogP contribution in [0.4, 0.5) is 5.69 Å². The maximum Gasteiger partial charge on any atom is 0.338 e. The Balaban J connectivity index is 1.83. The predicted molar refractivity (Wildman–Crippen MR) is 102 cm³/mol. The molecule has 0 aliphatic rings. The number of carbonyl (C=O) groups is 2. The zero-order valence-corrected chi connectivity index (χ0v) is 15.4. The van der Waals surface area contributed by atoms with Gasteiger partial charge in [0.1, 0.15) is 0 Å². The summed E-state index contributed by atoms with van der Waals surface area (Å²) in [5, 5.41) is 18.0. The molecule has 2 aromatic heterocycles. The van der Waals surface area contributed by atoms with E-state index in [9.17, 15) is 19.7 Å². The average molecular weight is 395 g/mol. The van der Waals surface area contributed by atoms with Crippen molar-refractivity contribution in [2.24, 2.45) is 0 Å². The largest absolute Gasteiger partial charge is 0.462 e. The maximum atomic E-state index is 12.6. The monoisotopic (exact) mass is 395 g/mol. The smallest absolute Gasteiger partial charge is 0.338 e. The fraction of sp³-hybridized carbons (Fsp3) is 0.158. The molecule has 1 amide bonds. The summed E-state index contributed by atoms with van der Waals surface area (Å²) in [5.74, 6) is -0.767. The number of pyridine rings is 1. The van der Waals surface area contributed by atoms with E-state index < -0.39 is 16.8 Å². The van der Waals surface area contributed by atoms with Crippen LogP contribution in [0.3, 0.4) is 0 Å². The summed E-state index contributed by atoms with van der Waals surface area (Å²) in [6.45, 7) is 1.84. The first-order valence-corrected chi connectivity index (χ1v) is 8.68. The number of non-ortho nitro benzene ring substituents is 1. The van der Waals surface area contributed by atoms with Crippen molar-refractivity contribution in [2.75, 3.05) is 6.61 Å². The Morgan fingerprint density at radius 1 is 1.21 bits per heavy atom. The highest BCUT2D eigenvalue weighted by Crippen LogP contribution is 2.19. The fourth-order valence-electron chi connectivity index (χ4n) is 2.63. The summed E-state index contributed by atoms with van der Waals surface area (Å²) >= 11 is 0. The molecule has 0 spiro atoms. The third-order valence-corrected chi connectivity index (χ3v) is 3.93. The first-order chi connectivity index (χ1) is 14.0. The minimum atomic E-state index is -0.738. The number of amides is 1. The van der Waals surface area contributed by atoms with Crippen LogP contribution in [0, 0.1) is 10.1 Å². The van der Waals surface area contributed by atoms with Crippen LogP contribution in [0.2, 0.25) is 0 Å². The highest BCUT2D eigenvalue weighted by molar-refractivity contribution is 5.99. The Labute approximate surface area is 165 Å². The lowest BCUT2D eigenvalue weighted by atomic mass is 10.1. The van der Waals surface area contributed by atoms with Gasteiger partial charge >= 0.3 is 5.97 Å². The Bertz CT molecular complexity index is 1050. The van der Waals surface area contributed by atoms with Gasteiger partial charge in [0.15, 0.2) is 5.82 Å². The third kappa shape index (κ3) is 4.61. The summed E-state index contributed by atoms with van der Waals surface area (Å²) in [6.07, 6.45) is 4.94. The maximum absolute atomic E-state index is 12.6. The molecule has 10 nitrogen and oxygen atoms in total. The highest BCUT2D eigenvalue weighted by Gasteiger charge is 2.19. The number of ether oxygens (including phenoxy) is 1. The van der Waals surface area contributed by atoms with Crippen molar-refractivity contribution in [3.05, 3.63) is 81.8 Å². The van der Waals surface area contributed by atoms with Crippen LogP contribution < -0.4 is 5.32 Å². The first kappa shape index (κ1) is 19.7. The van der Waals surface area contributed by atoms with Gasteiger partial charge in [-0.05, 0) is 25.1 Å². The number of carbonyl (C=O) groups excluding carboxylic acids is 2. The predicted octanol–water partition coefficient (Wildman–Crippen LogP) is 2.28. The highest BCUT2D eigenvalue weighted by atomic mass is 16.6. The number of benzene rings is 1. The molecule has 1 aromatic carbocycles. The van der Waals surface area contributed by atoms with E-state index in [0.29, 0.717) is 11.4 Å². The molecule has 0 unspecified atom stereocenters. The van der Waals surface area contributed by atoms with Crippen molar-refractivity contribution in [1.82, 2.24) is 20.1 Å². The molecule has 0 aliphatic heterocycles. The van der Waals surface area contributed by atoms with Crippen LogP contribution in [0.1, 0.15) is 33.2 Å². The molecule has 2 heterocycles. The molecular formula is C19H17N5O5. The molecule has 0 saturated carbocycles. The van der Waals surface area contributed by atoms with Gasteiger partial charge in [0.2, 0.25) is 0 Å². The van der Waals surface area contributed by atoms with Gasteiger partial charge in [-0.1, -0.05) is 6.07 Å². The summed E-state index contributed by atoms with van der Waals surface area (Å²) in [4.78, 5) is 39.3. The summed E-state index contributed by atoms with van der Waals surface area (Å²) in [5.41, 5.74) is 0.233. The van der Waals surface area contributed by atoms with Crippen molar-refractivity contribution in [3.63, 3.8) is 0 Å². The van der Waals surface area contributed by atoms with E-state index in [0.717, 1.165) is 12.1 Å². The third-order valence-electron chi connectivity index (χ3n) is 3.93. The van der Waals surface area contributed by atoms with Gasteiger partial charge in [-0.2, -0.15) is 5.10 Å². The van der Waals surface area contributed by atoms with Crippen molar-refractivity contribution in [2.45, 2.75) is 13.5 Å². The molecule has 3 aromatic rings. The number of aromatic nitrogens is 3. The van der Waals surface area contributed by atoms with Gasteiger partial charge in [0.25, 0.3) is 11.6 Å². The molecule has 0 radical (unpaired) electrons. The lowest BCUT2D eigenvalue weighted by molar-refractivity contribution is -0.384. The molecule has 0 aliphatic carbocycles. The van der Waals surface area contributed by atoms with Gasteiger partial charge in [0, 0.05) is 48.4 Å². The average Bonchev–Trinajstić information content (AvgIpc) is 3.26. The van der Waals surface area contributed by atoms with Gasteiger partial charge in [-0.15, -0.1) is 0 Å². The second-order valence-electron chi connectivity index (χ2n) is 5.87. The minimum Gasteiger partial charge on any atom is -0.462 e. The van der Waals surface area contributed by atoms with Crippen LogP contribution in [-0.2, 0) is 11.3 Å². The topological polar surface area (TPSA) is 129 Å². The standard InChI is InChI=1S/C19H17N5O5/c1-2-29-19(26)15-9-14(10-16(11-15)24(27)28)18(25)21-12-13-5-3-6-20-17(13)23-8-4-7-22-23/h3-11H,2,12H2,1H3,(H,21,25). The van der Waals surface area contributed by atoms with Gasteiger partial charge in [-0.3, -0.25) is 14.9 Å². The van der Waals surface area contributed by atoms with E-state index in [4.69, 9.17) is 4.74 Å². The summed E-state index contributed by atoms with van der Waals surface area (Å²) in [7, 11) is 0. The molecule has 10 heteroatoms. The Kier molecular flexibility index (Phi) is 5.93. The molecule has 1 N–H and O–H groups in total. The zero-order chi connectivity index (χ0) is 20.8. The second kappa shape index (κ2) is 8.74. The van der Waals surface area contributed by atoms with E-state index in [2.05, 4.69) is 15.4 Å². The van der Waals surface area contributed by atoms with Crippen molar-refractivity contribution >= 4 is 17.6 Å². The quantitative estimate of drug-likeness (QED) is 0.369. The van der Waals surface area contributed by atoms with Gasteiger partial charge < -0.3 is 10.1 Å². The normalized spacial score (nSPS) is 10.4. The Morgan fingerprint density at radius 3 is 2.69 bits per heavy atom. The number of nitro benzene ring substituents is 1. The van der Waals surface area contributed by atoms with Crippen LogP contribution >= 0.6 is 0 Å². The van der Waals surface area contributed by atoms with Crippen LogP contribution in [0.5, 0.6) is 0 Å². The molecular weight excluding hydrogens is 378 g/mol. The zero-order valence-electron chi connectivity index (χ0n) is 15.4. The van der Waals surface area contributed by atoms with Crippen LogP contribution in [0.15, 0.2) is 55.0 Å². The molecule has 0 bridgehead atoms. The van der Waals surface area contributed by atoms with E-state index in [1.807, 2.05) is 0 Å². The summed E-state index contributed by atoms with van der Waals surface area (Å²) in [6, 6.07) is 8.69. The number of nitro groups is 1. The lowest BCUT2D eigenvalue weighted by Gasteiger charge is -2.10. The molecule has 3 rings (SSSR count). The number of hydrogen-bond acceptors (Lipinski definition) is 7. The Hall–Kier alpha value is -4.08. The lowest BCUT2D eigenvalue weighted by Crippen LogP contribution is -2.24. The molecule has 0 fully saturated rings. The van der Waals surface area contributed by atoms with E-state index in [-0.39, 0.29) is 30.0 Å². The van der Waals surface area contributed by atoms with Crippen molar-refractivity contribution in [1.29, 1.82) is 0 Å². The van der Waals surface area contributed by atoms with Gasteiger partial charge in [-0.25, -0.2) is 14.5 Å². The fourth-order valence-corrected chi connectivity index (χ4v) is 2.63. The number of nitrogens with one attached hydrogen (secondary N) is 1. The number of hydrogen-bond donors (Lipinski definition) is 1. The summed E-state index contributed by atoms with van der Waals surface area (Å²) < 4.78 is 6.44. The number of esters is 1. The molecule has 0 saturated heterocycles. The molecule has 29 heavy (non-hydrogen) atoms. The van der Waals surface area contributed by atoms with Crippen LogP contribution in [0.25, 0.3) is 5.82 Å². The second-order valence-corrected chi connectivity index (χ2v) is 5.87. The van der Waals surface area contributed by atoms with E-state index >= 15 is 0 Å². The van der Waals surface area contributed by atoms with Crippen molar-refractivity contribution < 1.29 is 19.2 Å². The minimum absolute atomic E-state index is 0.0215. The van der Waals surface area contributed by atoms with E-state index in [1.165, 1.54) is 6.07 Å². The van der Waals surface area contributed by atoms with Gasteiger partial charge in [0.05, 0.1) is 17.1 Å². The number of nitrogens with zero attached hydrogens (tertiary/aromatic N) is 4. The SMILES string of the molecule is CCOC(=O)c1cc(C(=O)NCc2cccnc2-n2cccn2)cc([N+](=O)[O-])c1. The van der Waals surface area contributed by atoms with E-state index in [1.54, 1.807) is 48.4 Å². The van der Waals surface area contributed by atoms with Crippen LogP contribution in [-0.4, -0.2) is 38.2 Å². The Morgan fingerprint density at radius 2 is 2.00 bits per heavy atom. The molecule has 148 valence electrons. The number of rotatable bonds is 7. The van der Waals surface area contributed by atoms with Crippen molar-refractivity contribution in [3.8, 4) is 5.82 Å². The first-order valence-electron chi connectivity index (χ1n) is 8.68. The molecule has 0 atom stereocenters.